The van der Waals surface area contributed by atoms with E-state index >= 15 is 0 Å². The van der Waals surface area contributed by atoms with E-state index in [1.807, 2.05) is 24.3 Å². The number of halogens is 2. The summed E-state index contributed by atoms with van der Waals surface area (Å²) in [6, 6.07) is 7.90. The van der Waals surface area contributed by atoms with E-state index in [-0.39, 0.29) is 24.2 Å². The van der Waals surface area contributed by atoms with Gasteiger partial charge in [-0.1, -0.05) is 28.1 Å². The number of hydrogen-bond acceptors (Lipinski definition) is 2. The van der Waals surface area contributed by atoms with Gasteiger partial charge in [0.1, 0.15) is 5.88 Å². The van der Waals surface area contributed by atoms with Crippen LogP contribution < -0.4 is 10.6 Å². The quantitative estimate of drug-likeness (QED) is 0.775. The lowest BCUT2D eigenvalue weighted by Gasteiger charge is -2.06. The van der Waals surface area contributed by atoms with Crippen LogP contribution in [0.2, 0.25) is 0 Å². The number of carbonyl (C=O) groups excluding carboxylic acids is 2. The van der Waals surface area contributed by atoms with Crippen LogP contribution in [0.25, 0.3) is 0 Å². The van der Waals surface area contributed by atoms with Crippen LogP contribution in [-0.2, 0) is 16.0 Å². The molecule has 0 spiro atoms. The molecule has 0 saturated carbocycles. The van der Waals surface area contributed by atoms with Crippen molar-refractivity contribution in [2.45, 2.75) is 6.42 Å². The third-order valence-electron chi connectivity index (χ3n) is 2.22. The highest BCUT2D eigenvalue weighted by Crippen LogP contribution is 2.10. The molecule has 0 saturated heterocycles. The molecule has 1 aromatic carbocycles. The molecule has 0 aliphatic carbocycles. The Bertz CT molecular complexity index is 409. The van der Waals surface area contributed by atoms with Crippen molar-refractivity contribution < 1.29 is 9.59 Å². The Morgan fingerprint density at radius 3 is 2.39 bits per heavy atom. The predicted octanol–water partition coefficient (Wildman–Crippen LogP) is 1.46. The molecule has 4 nitrogen and oxygen atoms in total. The molecule has 1 aromatic rings. The largest absolute Gasteiger partial charge is 0.354 e. The van der Waals surface area contributed by atoms with E-state index in [0.29, 0.717) is 6.54 Å². The molecule has 0 bridgehead atoms. The van der Waals surface area contributed by atoms with E-state index in [9.17, 15) is 9.59 Å². The number of benzene rings is 1. The van der Waals surface area contributed by atoms with Crippen LogP contribution >= 0.6 is 27.5 Å². The van der Waals surface area contributed by atoms with E-state index < -0.39 is 0 Å². The first-order chi connectivity index (χ1) is 8.61. The van der Waals surface area contributed by atoms with Crippen molar-refractivity contribution in [3.63, 3.8) is 0 Å². The standard InChI is InChI=1S/C12H14BrClN2O2/c13-10-3-1-9(2-4-10)5-6-15-12(18)8-16-11(17)7-14/h1-4H,5-8H2,(H,15,18)(H,16,17). The van der Waals surface area contributed by atoms with E-state index in [4.69, 9.17) is 11.6 Å². The zero-order chi connectivity index (χ0) is 13.4. The van der Waals surface area contributed by atoms with Crippen LogP contribution in [0.5, 0.6) is 0 Å². The molecule has 2 N–H and O–H groups in total. The molecule has 0 fully saturated rings. The van der Waals surface area contributed by atoms with Crippen LogP contribution in [0, 0.1) is 0 Å². The molecular formula is C12H14BrClN2O2. The molecule has 0 aliphatic rings. The van der Waals surface area contributed by atoms with Gasteiger partial charge in [0.25, 0.3) is 0 Å². The van der Waals surface area contributed by atoms with Crippen molar-refractivity contribution in [3.05, 3.63) is 34.3 Å². The number of nitrogens with one attached hydrogen (secondary N) is 2. The molecular weight excluding hydrogens is 320 g/mol. The minimum absolute atomic E-state index is 0.0358. The Balaban J connectivity index is 2.19. The van der Waals surface area contributed by atoms with Gasteiger partial charge in [-0.2, -0.15) is 0 Å². The van der Waals surface area contributed by atoms with Gasteiger partial charge in [-0.3, -0.25) is 9.59 Å². The van der Waals surface area contributed by atoms with Crippen LogP contribution in [-0.4, -0.2) is 30.8 Å². The lowest BCUT2D eigenvalue weighted by atomic mass is 10.1. The summed E-state index contributed by atoms with van der Waals surface area (Å²) in [5.74, 6) is -0.697. The van der Waals surface area contributed by atoms with Gasteiger partial charge in [-0.05, 0) is 24.1 Å². The second-order valence-electron chi connectivity index (χ2n) is 3.64. The van der Waals surface area contributed by atoms with Crippen molar-refractivity contribution in [1.29, 1.82) is 0 Å². The normalized spacial score (nSPS) is 9.89. The summed E-state index contributed by atoms with van der Waals surface area (Å²) in [7, 11) is 0. The molecule has 0 atom stereocenters. The highest BCUT2D eigenvalue weighted by atomic mass is 79.9. The number of alkyl halides is 1. The lowest BCUT2D eigenvalue weighted by Crippen LogP contribution is -2.38. The van der Waals surface area contributed by atoms with E-state index in [1.165, 1.54) is 0 Å². The molecule has 1 rings (SSSR count). The van der Waals surface area contributed by atoms with Crippen molar-refractivity contribution in [2.75, 3.05) is 19.0 Å². The highest BCUT2D eigenvalue weighted by Gasteiger charge is 2.03. The van der Waals surface area contributed by atoms with E-state index in [0.717, 1.165) is 16.5 Å². The zero-order valence-corrected chi connectivity index (χ0v) is 12.1. The lowest BCUT2D eigenvalue weighted by molar-refractivity contribution is -0.124. The second kappa shape index (κ2) is 8.11. The minimum Gasteiger partial charge on any atom is -0.354 e. The minimum atomic E-state index is -0.347. The van der Waals surface area contributed by atoms with Crippen LogP contribution in [0.3, 0.4) is 0 Å². The topological polar surface area (TPSA) is 58.2 Å². The first-order valence-electron chi connectivity index (χ1n) is 5.45. The molecule has 18 heavy (non-hydrogen) atoms. The average molecular weight is 334 g/mol. The van der Waals surface area contributed by atoms with Gasteiger partial charge >= 0.3 is 0 Å². The maximum absolute atomic E-state index is 11.3. The molecule has 6 heteroatoms. The molecule has 0 aliphatic heterocycles. The Hall–Kier alpha value is -1.07. The number of amides is 2. The van der Waals surface area contributed by atoms with Gasteiger partial charge in [0, 0.05) is 11.0 Å². The summed E-state index contributed by atoms with van der Waals surface area (Å²) in [4.78, 5) is 22.1. The summed E-state index contributed by atoms with van der Waals surface area (Å²) in [5, 5.41) is 5.12. The molecule has 2 amide bonds. The predicted molar refractivity (Wildman–Crippen MR) is 74.6 cm³/mol. The van der Waals surface area contributed by atoms with Crippen molar-refractivity contribution in [3.8, 4) is 0 Å². The Labute approximate surface area is 119 Å². The maximum Gasteiger partial charge on any atom is 0.239 e. The van der Waals surface area contributed by atoms with Crippen molar-refractivity contribution in [1.82, 2.24) is 10.6 Å². The highest BCUT2D eigenvalue weighted by molar-refractivity contribution is 9.10. The fourth-order valence-electron chi connectivity index (χ4n) is 1.29. The summed E-state index contributed by atoms with van der Waals surface area (Å²) in [6.45, 7) is 0.503. The number of hydrogen-bond donors (Lipinski definition) is 2. The average Bonchev–Trinajstić information content (AvgIpc) is 2.38. The zero-order valence-electron chi connectivity index (χ0n) is 9.71. The van der Waals surface area contributed by atoms with Gasteiger partial charge in [-0.15, -0.1) is 11.6 Å². The first-order valence-corrected chi connectivity index (χ1v) is 6.78. The fraction of sp³-hybridized carbons (Fsp3) is 0.333. The van der Waals surface area contributed by atoms with E-state index in [2.05, 4.69) is 26.6 Å². The summed E-state index contributed by atoms with van der Waals surface area (Å²) in [5.41, 5.74) is 1.14. The van der Waals surface area contributed by atoms with Crippen LogP contribution in [0.4, 0.5) is 0 Å². The molecule has 98 valence electrons. The maximum atomic E-state index is 11.3. The Morgan fingerprint density at radius 2 is 1.78 bits per heavy atom. The summed E-state index contributed by atoms with van der Waals surface area (Å²) >= 11 is 8.64. The smallest absolute Gasteiger partial charge is 0.239 e. The van der Waals surface area contributed by atoms with Gasteiger partial charge in [-0.25, -0.2) is 0 Å². The number of rotatable bonds is 6. The SMILES string of the molecule is O=C(CCl)NCC(=O)NCCc1ccc(Br)cc1. The Kier molecular flexibility index (Phi) is 6.75. The monoisotopic (exact) mass is 332 g/mol. The first kappa shape index (κ1) is 15.0. The molecule has 0 radical (unpaired) electrons. The molecule has 0 aromatic heterocycles. The van der Waals surface area contributed by atoms with Gasteiger partial charge in [0.2, 0.25) is 11.8 Å². The van der Waals surface area contributed by atoms with Crippen molar-refractivity contribution in [2.24, 2.45) is 0 Å². The van der Waals surface area contributed by atoms with Crippen molar-refractivity contribution >= 4 is 39.3 Å². The van der Waals surface area contributed by atoms with E-state index in [1.54, 1.807) is 0 Å². The third kappa shape index (κ3) is 6.02. The van der Waals surface area contributed by atoms with Gasteiger partial charge < -0.3 is 10.6 Å². The van der Waals surface area contributed by atoms with Crippen LogP contribution in [0.1, 0.15) is 5.56 Å². The van der Waals surface area contributed by atoms with Gasteiger partial charge in [0.05, 0.1) is 6.54 Å². The summed E-state index contributed by atoms with van der Waals surface area (Å²) in [6.07, 6.45) is 0.752. The third-order valence-corrected chi connectivity index (χ3v) is 2.99. The molecule has 0 heterocycles. The second-order valence-corrected chi connectivity index (χ2v) is 4.82. The number of carbonyl (C=O) groups is 2. The Morgan fingerprint density at radius 1 is 1.11 bits per heavy atom. The van der Waals surface area contributed by atoms with Crippen LogP contribution in [0.15, 0.2) is 28.7 Å². The fourth-order valence-corrected chi connectivity index (χ4v) is 1.64. The van der Waals surface area contributed by atoms with Gasteiger partial charge in [0.15, 0.2) is 0 Å². The molecule has 0 unspecified atom stereocenters. The summed E-state index contributed by atoms with van der Waals surface area (Å²) < 4.78 is 1.03.